The first kappa shape index (κ1) is 26.9. The number of nitrogens with zero attached hydrogens (tertiary/aromatic N) is 1. The van der Waals surface area contributed by atoms with Gasteiger partial charge in [-0.2, -0.15) is 0 Å². The maximum absolute atomic E-state index is 12.4. The Bertz CT molecular complexity index is 418. The predicted octanol–water partition coefficient (Wildman–Crippen LogP) is 6.89. The van der Waals surface area contributed by atoms with Crippen LogP contribution in [0.15, 0.2) is 12.2 Å². The molecule has 2 unspecified atom stereocenters. The van der Waals surface area contributed by atoms with Gasteiger partial charge in [-0.1, -0.05) is 70.9 Å². The molecule has 0 saturated heterocycles. The molecule has 4 nitrogen and oxygen atoms in total. The number of hydrogen-bond acceptors (Lipinski definition) is 2. The normalized spacial score (nSPS) is 15.9. The van der Waals surface area contributed by atoms with Crippen LogP contribution < -0.4 is 0 Å². The lowest BCUT2D eigenvalue weighted by atomic mass is 10.1. The molecule has 0 aromatic rings. The molecule has 0 amide bonds. The van der Waals surface area contributed by atoms with Gasteiger partial charge in [0.2, 0.25) is 0 Å². The smallest absolute Gasteiger partial charge is 0.320 e. The first-order valence-corrected chi connectivity index (χ1v) is 12.8. The molecule has 0 heterocycles. The average molecular weight is 405 g/mol. The van der Waals surface area contributed by atoms with Crippen molar-refractivity contribution in [1.82, 2.24) is 0 Å². The fourth-order valence-corrected chi connectivity index (χ4v) is 5.39. The number of quaternary nitrogens is 1. The molecule has 27 heavy (non-hydrogen) atoms. The van der Waals surface area contributed by atoms with Crippen LogP contribution in [0.1, 0.15) is 97.3 Å². The number of hydrogen-bond donors (Lipinski definition) is 1. The predicted molar refractivity (Wildman–Crippen MR) is 118 cm³/mol. The molecule has 0 aromatic heterocycles. The number of unbranched alkanes of at least 4 members (excludes halogenated alkanes) is 10. The summed E-state index contributed by atoms with van der Waals surface area (Å²) < 4.78 is 18.3. The summed E-state index contributed by atoms with van der Waals surface area (Å²) in [6.45, 7) is 4.59. The van der Waals surface area contributed by atoms with Gasteiger partial charge in [0, 0.05) is 6.42 Å². The fraction of sp³-hybridized carbons (Fsp3) is 0.909. The summed E-state index contributed by atoms with van der Waals surface area (Å²) in [6.07, 6.45) is 20.1. The molecule has 0 rings (SSSR count). The summed E-state index contributed by atoms with van der Waals surface area (Å²) in [5, 5.41) is 0. The Morgan fingerprint density at radius 3 is 1.81 bits per heavy atom. The quantitative estimate of drug-likeness (QED) is 0.117. The Labute approximate surface area is 169 Å². The lowest BCUT2D eigenvalue weighted by Gasteiger charge is -2.35. The molecule has 0 aliphatic rings. The van der Waals surface area contributed by atoms with Crippen LogP contribution in [0.3, 0.4) is 0 Å². The third kappa shape index (κ3) is 14.5. The van der Waals surface area contributed by atoms with Crippen LogP contribution in [0.5, 0.6) is 0 Å². The van der Waals surface area contributed by atoms with E-state index in [0.717, 1.165) is 12.8 Å². The Morgan fingerprint density at radius 2 is 1.33 bits per heavy atom. The van der Waals surface area contributed by atoms with Gasteiger partial charge < -0.3 is 13.9 Å². The highest BCUT2D eigenvalue weighted by molar-refractivity contribution is 7.53. The monoisotopic (exact) mass is 404 g/mol. The molecule has 2 atom stereocenters. The number of rotatable bonds is 18. The SMILES string of the molecule is CCCCCC=CCCCCCCCCCOP(=O)(O)C(CC)[N+](C)(C)C. The maximum atomic E-state index is 12.4. The Hall–Kier alpha value is -0.150. The summed E-state index contributed by atoms with van der Waals surface area (Å²) in [6, 6.07) is 0. The molecule has 0 aliphatic heterocycles. The lowest BCUT2D eigenvalue weighted by Crippen LogP contribution is -2.44. The molecule has 0 saturated carbocycles. The lowest BCUT2D eigenvalue weighted by molar-refractivity contribution is -0.883. The van der Waals surface area contributed by atoms with Crippen LogP contribution >= 0.6 is 7.60 Å². The van der Waals surface area contributed by atoms with Crippen molar-refractivity contribution in [1.29, 1.82) is 0 Å². The summed E-state index contributed by atoms with van der Waals surface area (Å²) >= 11 is 0. The van der Waals surface area contributed by atoms with E-state index in [1.807, 2.05) is 28.1 Å². The minimum absolute atomic E-state index is 0.349. The van der Waals surface area contributed by atoms with Gasteiger partial charge in [-0.05, 0) is 32.1 Å². The van der Waals surface area contributed by atoms with Gasteiger partial charge in [0.15, 0.2) is 5.78 Å². The minimum Gasteiger partial charge on any atom is -0.320 e. The van der Waals surface area contributed by atoms with Gasteiger partial charge in [-0.25, -0.2) is 0 Å². The molecule has 0 radical (unpaired) electrons. The summed E-state index contributed by atoms with van der Waals surface area (Å²) in [4.78, 5) is 10.2. The van der Waals surface area contributed by atoms with Crippen LogP contribution in [0.4, 0.5) is 0 Å². The van der Waals surface area contributed by atoms with Crippen LogP contribution in [0.2, 0.25) is 0 Å². The van der Waals surface area contributed by atoms with E-state index in [0.29, 0.717) is 17.5 Å². The maximum Gasteiger partial charge on any atom is 0.385 e. The molecule has 0 aliphatic carbocycles. The van der Waals surface area contributed by atoms with Crippen molar-refractivity contribution in [2.75, 3.05) is 27.7 Å². The van der Waals surface area contributed by atoms with E-state index in [1.165, 1.54) is 64.2 Å². The molecule has 162 valence electrons. The molecular formula is C22H47NO3P+. The van der Waals surface area contributed by atoms with Crippen molar-refractivity contribution in [2.24, 2.45) is 0 Å². The van der Waals surface area contributed by atoms with Gasteiger partial charge in [0.25, 0.3) is 0 Å². The first-order chi connectivity index (χ1) is 12.8. The van der Waals surface area contributed by atoms with Crippen LogP contribution in [0.25, 0.3) is 0 Å². The number of allylic oxidation sites excluding steroid dienone is 2. The summed E-state index contributed by atoms with van der Waals surface area (Å²) in [5.41, 5.74) is 0. The van der Waals surface area contributed by atoms with Crippen molar-refractivity contribution in [3.63, 3.8) is 0 Å². The third-order valence-electron chi connectivity index (χ3n) is 5.07. The van der Waals surface area contributed by atoms with Gasteiger partial charge >= 0.3 is 7.60 Å². The molecule has 0 fully saturated rings. The minimum atomic E-state index is -3.54. The zero-order valence-electron chi connectivity index (χ0n) is 18.8. The Kier molecular flexibility index (Phi) is 15.6. The highest BCUT2D eigenvalue weighted by Gasteiger charge is 2.41. The van der Waals surface area contributed by atoms with Crippen LogP contribution in [-0.2, 0) is 9.09 Å². The van der Waals surface area contributed by atoms with Crippen molar-refractivity contribution in [2.45, 2.75) is 103 Å². The van der Waals surface area contributed by atoms with Crippen molar-refractivity contribution in [3.05, 3.63) is 12.2 Å². The molecular weight excluding hydrogens is 357 g/mol. The van der Waals surface area contributed by atoms with E-state index in [9.17, 15) is 9.46 Å². The van der Waals surface area contributed by atoms with E-state index in [-0.39, 0.29) is 5.78 Å². The molecule has 0 aromatic carbocycles. The highest BCUT2D eigenvalue weighted by atomic mass is 31.2. The van der Waals surface area contributed by atoms with Gasteiger partial charge in [-0.3, -0.25) is 4.57 Å². The van der Waals surface area contributed by atoms with Crippen molar-refractivity contribution < 1.29 is 18.5 Å². The Balaban J connectivity index is 3.58. The molecule has 5 heteroatoms. The zero-order valence-corrected chi connectivity index (χ0v) is 19.7. The zero-order chi connectivity index (χ0) is 20.6. The van der Waals surface area contributed by atoms with Crippen LogP contribution in [-0.4, -0.2) is 42.9 Å². The Morgan fingerprint density at radius 1 is 0.852 bits per heavy atom. The summed E-state index contributed by atoms with van der Waals surface area (Å²) in [7, 11) is 2.30. The van der Waals surface area contributed by atoms with Gasteiger partial charge in [0.1, 0.15) is 0 Å². The average Bonchev–Trinajstić information content (AvgIpc) is 2.57. The van der Waals surface area contributed by atoms with E-state index >= 15 is 0 Å². The second-order valence-electron chi connectivity index (χ2n) is 8.63. The second kappa shape index (κ2) is 15.7. The van der Waals surface area contributed by atoms with E-state index in [2.05, 4.69) is 19.1 Å². The van der Waals surface area contributed by atoms with E-state index < -0.39 is 7.60 Å². The molecule has 0 spiro atoms. The van der Waals surface area contributed by atoms with E-state index in [4.69, 9.17) is 4.52 Å². The fourth-order valence-electron chi connectivity index (χ4n) is 3.49. The first-order valence-electron chi connectivity index (χ1n) is 11.2. The second-order valence-corrected chi connectivity index (χ2v) is 10.6. The molecule has 0 bridgehead atoms. The van der Waals surface area contributed by atoms with E-state index in [1.54, 1.807) is 0 Å². The van der Waals surface area contributed by atoms with Crippen molar-refractivity contribution in [3.8, 4) is 0 Å². The summed E-state index contributed by atoms with van der Waals surface area (Å²) in [5.74, 6) is -0.349. The largest absolute Gasteiger partial charge is 0.385 e. The van der Waals surface area contributed by atoms with Gasteiger partial charge in [0.05, 0.1) is 27.7 Å². The van der Waals surface area contributed by atoms with Gasteiger partial charge in [-0.15, -0.1) is 0 Å². The van der Waals surface area contributed by atoms with Crippen LogP contribution in [0, 0.1) is 0 Å². The molecule has 1 N–H and O–H groups in total. The third-order valence-corrected chi connectivity index (χ3v) is 7.43. The standard InChI is InChI=1S/C22H46NO3P/c1-6-8-9-10-11-12-13-14-15-16-17-18-19-20-21-26-27(24,25)22(7-2)23(3,4)5/h11-12,22H,6-10,13-21H2,1-5H3/p+1. The van der Waals surface area contributed by atoms with Crippen molar-refractivity contribution >= 4 is 7.60 Å². The topological polar surface area (TPSA) is 46.5 Å². The highest BCUT2D eigenvalue weighted by Crippen LogP contribution is 2.51.